The zero-order valence-corrected chi connectivity index (χ0v) is 17.4. The minimum atomic E-state index is -5.08. The molecule has 0 aromatic carbocycles. The van der Waals surface area contributed by atoms with Gasteiger partial charge >= 0.3 is 12.1 Å². The molecular formula is C19H24F4N6O3. The third kappa shape index (κ3) is 6.13. The molecule has 2 atom stereocenters. The van der Waals surface area contributed by atoms with Gasteiger partial charge in [-0.05, 0) is 18.4 Å². The van der Waals surface area contributed by atoms with Gasteiger partial charge in [0, 0.05) is 38.9 Å². The average Bonchev–Trinajstić information content (AvgIpc) is 3.35. The number of carbonyl (C=O) groups is 1. The molecule has 1 N–H and O–H groups in total. The van der Waals surface area contributed by atoms with Gasteiger partial charge in [0.05, 0.1) is 37.8 Å². The van der Waals surface area contributed by atoms with Gasteiger partial charge in [0.15, 0.2) is 5.82 Å². The molecule has 0 aliphatic carbocycles. The predicted molar refractivity (Wildman–Crippen MR) is 105 cm³/mol. The van der Waals surface area contributed by atoms with Crippen LogP contribution in [0.4, 0.5) is 23.5 Å². The molecule has 2 aliphatic heterocycles. The van der Waals surface area contributed by atoms with Crippen LogP contribution in [0.25, 0.3) is 0 Å². The van der Waals surface area contributed by atoms with Crippen LogP contribution in [0.5, 0.6) is 0 Å². The second-order valence-corrected chi connectivity index (χ2v) is 7.50. The van der Waals surface area contributed by atoms with Crippen LogP contribution in [0.1, 0.15) is 12.0 Å². The molecule has 2 saturated heterocycles. The van der Waals surface area contributed by atoms with Crippen molar-refractivity contribution in [2.45, 2.75) is 31.1 Å². The van der Waals surface area contributed by atoms with E-state index in [4.69, 9.17) is 14.6 Å². The topological polar surface area (TPSA) is 96.6 Å². The van der Waals surface area contributed by atoms with Gasteiger partial charge < -0.3 is 14.7 Å². The molecule has 0 spiro atoms. The Balaban J connectivity index is 0.000000360. The van der Waals surface area contributed by atoms with E-state index in [1.807, 2.05) is 17.9 Å². The molecule has 0 unspecified atom stereocenters. The van der Waals surface area contributed by atoms with E-state index < -0.39 is 18.0 Å². The molecule has 0 radical (unpaired) electrons. The highest BCUT2D eigenvalue weighted by molar-refractivity contribution is 5.73. The molecule has 2 aromatic heterocycles. The van der Waals surface area contributed by atoms with Gasteiger partial charge in [0.1, 0.15) is 0 Å². The first kappa shape index (κ1) is 23.9. The Morgan fingerprint density at radius 2 is 1.81 bits per heavy atom. The highest BCUT2D eigenvalue weighted by Crippen LogP contribution is 2.29. The van der Waals surface area contributed by atoms with Crippen molar-refractivity contribution in [2.75, 3.05) is 37.7 Å². The first-order valence-corrected chi connectivity index (χ1v) is 9.99. The van der Waals surface area contributed by atoms with E-state index in [0.29, 0.717) is 12.0 Å². The van der Waals surface area contributed by atoms with Crippen LogP contribution in [0, 0.1) is 5.82 Å². The third-order valence-corrected chi connectivity index (χ3v) is 5.33. The number of aryl methyl sites for hydroxylation is 1. The van der Waals surface area contributed by atoms with Crippen LogP contribution in [-0.2, 0) is 23.0 Å². The van der Waals surface area contributed by atoms with Gasteiger partial charge in [-0.25, -0.2) is 19.2 Å². The average molecular weight is 460 g/mol. The molecule has 4 rings (SSSR count). The molecule has 0 bridgehead atoms. The molecule has 0 amide bonds. The van der Waals surface area contributed by atoms with Crippen molar-refractivity contribution in [3.05, 3.63) is 36.2 Å². The first-order chi connectivity index (χ1) is 15.1. The molecular weight excluding hydrogens is 436 g/mol. The van der Waals surface area contributed by atoms with Crippen molar-refractivity contribution in [1.82, 2.24) is 24.6 Å². The fraction of sp³-hybridized carbons (Fsp3) is 0.579. The maximum absolute atomic E-state index is 13.2. The summed E-state index contributed by atoms with van der Waals surface area (Å²) in [5, 5.41) is 11.4. The smallest absolute Gasteiger partial charge is 0.475 e. The Morgan fingerprint density at radius 3 is 2.34 bits per heavy atom. The van der Waals surface area contributed by atoms with Crippen LogP contribution >= 0.6 is 0 Å². The number of carboxylic acid groups (broad SMARTS) is 1. The summed E-state index contributed by atoms with van der Waals surface area (Å²) < 4.78 is 52.3. The lowest BCUT2D eigenvalue weighted by Gasteiger charge is -2.37. The van der Waals surface area contributed by atoms with Crippen molar-refractivity contribution in [3.63, 3.8) is 0 Å². The minimum absolute atomic E-state index is 0.243. The Hall–Kier alpha value is -2.80. The largest absolute Gasteiger partial charge is 0.490 e. The summed E-state index contributed by atoms with van der Waals surface area (Å²) in [6.07, 6.45) is 3.29. The number of carboxylic acids is 1. The van der Waals surface area contributed by atoms with Crippen LogP contribution in [0.15, 0.2) is 24.8 Å². The number of aromatic nitrogens is 4. The summed E-state index contributed by atoms with van der Waals surface area (Å²) in [6.45, 7) is 4.34. The van der Waals surface area contributed by atoms with Crippen LogP contribution in [0.2, 0.25) is 0 Å². The lowest BCUT2D eigenvalue weighted by atomic mass is 10.0. The van der Waals surface area contributed by atoms with E-state index in [9.17, 15) is 17.6 Å². The summed E-state index contributed by atoms with van der Waals surface area (Å²) in [5.41, 5.74) is 1.19. The normalized spacial score (nSPS) is 21.8. The highest BCUT2D eigenvalue weighted by atomic mass is 19.4. The van der Waals surface area contributed by atoms with Gasteiger partial charge in [-0.2, -0.15) is 18.3 Å². The van der Waals surface area contributed by atoms with Crippen molar-refractivity contribution in [3.8, 4) is 0 Å². The SMILES string of the molecule is Cn1cc(C[C@H]2[C@H](N3CCOCC3)CCN2c2ncc(F)cn2)cn1.O=C(O)C(F)(F)F. The Kier molecular flexibility index (Phi) is 7.61. The Morgan fingerprint density at radius 1 is 1.19 bits per heavy atom. The van der Waals surface area contributed by atoms with Crippen LogP contribution in [0.3, 0.4) is 0 Å². The minimum Gasteiger partial charge on any atom is -0.475 e. The summed E-state index contributed by atoms with van der Waals surface area (Å²) in [7, 11) is 1.93. The predicted octanol–water partition coefficient (Wildman–Crippen LogP) is 1.50. The standard InChI is InChI=1S/C17H23FN6O.C2HF3O2/c1-22-12-13(9-21-22)8-16-15(23-4-6-25-7-5-23)2-3-24(16)17-19-10-14(18)11-20-17;3-2(4,5)1(6)7/h9-12,15-16H,2-8H2,1H3;(H,6,7)/t15-,16+;/m1./s1. The quantitative estimate of drug-likeness (QED) is 0.686. The highest BCUT2D eigenvalue weighted by Gasteiger charge is 2.40. The van der Waals surface area contributed by atoms with Crippen LogP contribution in [-0.4, -0.2) is 86.8 Å². The lowest BCUT2D eigenvalue weighted by Crippen LogP contribution is -2.50. The summed E-state index contributed by atoms with van der Waals surface area (Å²) in [5.74, 6) is -2.56. The van der Waals surface area contributed by atoms with Gasteiger partial charge in [-0.3, -0.25) is 9.58 Å². The Labute approximate surface area is 181 Å². The van der Waals surface area contributed by atoms with E-state index in [1.54, 1.807) is 0 Å². The molecule has 0 saturated carbocycles. The van der Waals surface area contributed by atoms with E-state index in [2.05, 4.69) is 31.1 Å². The molecule has 2 aliphatic rings. The maximum Gasteiger partial charge on any atom is 0.490 e. The van der Waals surface area contributed by atoms with E-state index in [0.717, 1.165) is 45.7 Å². The summed E-state index contributed by atoms with van der Waals surface area (Å²) >= 11 is 0. The van der Waals surface area contributed by atoms with Gasteiger partial charge in [-0.15, -0.1) is 0 Å². The zero-order chi connectivity index (χ0) is 23.3. The number of hydrogen-bond donors (Lipinski definition) is 1. The van der Waals surface area contributed by atoms with Crippen molar-refractivity contribution >= 4 is 11.9 Å². The second kappa shape index (κ2) is 10.2. The van der Waals surface area contributed by atoms with E-state index in [-0.39, 0.29) is 6.04 Å². The monoisotopic (exact) mass is 460 g/mol. The summed E-state index contributed by atoms with van der Waals surface area (Å²) in [6, 6.07) is 0.658. The molecule has 2 aromatic rings. The van der Waals surface area contributed by atoms with Gasteiger partial charge in [-0.1, -0.05) is 0 Å². The lowest BCUT2D eigenvalue weighted by molar-refractivity contribution is -0.192. The zero-order valence-electron chi connectivity index (χ0n) is 17.4. The number of alkyl halides is 3. The third-order valence-electron chi connectivity index (χ3n) is 5.33. The van der Waals surface area contributed by atoms with Crippen LogP contribution < -0.4 is 4.90 Å². The molecule has 13 heteroatoms. The number of aliphatic carboxylic acids is 1. The number of hydrogen-bond acceptors (Lipinski definition) is 7. The molecule has 176 valence electrons. The molecule has 4 heterocycles. The molecule has 32 heavy (non-hydrogen) atoms. The number of halogens is 4. The summed E-state index contributed by atoms with van der Waals surface area (Å²) in [4.78, 5) is 22.0. The maximum atomic E-state index is 13.2. The van der Waals surface area contributed by atoms with E-state index >= 15 is 0 Å². The number of anilines is 1. The fourth-order valence-electron chi connectivity index (χ4n) is 3.94. The number of ether oxygens (including phenoxy) is 1. The van der Waals surface area contributed by atoms with Crippen molar-refractivity contribution in [1.29, 1.82) is 0 Å². The second-order valence-electron chi connectivity index (χ2n) is 7.50. The fourth-order valence-corrected chi connectivity index (χ4v) is 3.94. The number of nitrogens with zero attached hydrogens (tertiary/aromatic N) is 6. The molecule has 2 fully saturated rings. The van der Waals surface area contributed by atoms with Gasteiger partial charge in [0.25, 0.3) is 0 Å². The first-order valence-electron chi connectivity index (χ1n) is 9.99. The Bertz CT molecular complexity index is 886. The van der Waals surface area contributed by atoms with Crippen molar-refractivity contribution in [2.24, 2.45) is 7.05 Å². The van der Waals surface area contributed by atoms with Gasteiger partial charge in [0.2, 0.25) is 5.95 Å². The number of rotatable bonds is 4. The van der Waals surface area contributed by atoms with Crippen molar-refractivity contribution < 1.29 is 32.2 Å². The number of morpholine rings is 1. The van der Waals surface area contributed by atoms with E-state index in [1.165, 1.54) is 18.0 Å². The molecule has 9 nitrogen and oxygen atoms in total.